The molecule has 1 atom stereocenters. The summed E-state index contributed by atoms with van der Waals surface area (Å²) in [5.74, 6) is -3.78. The van der Waals surface area contributed by atoms with E-state index in [2.05, 4.69) is 5.32 Å². The van der Waals surface area contributed by atoms with Crippen LogP contribution in [0.15, 0.2) is 42.5 Å². The topological polar surface area (TPSA) is 66.4 Å². The lowest BCUT2D eigenvalue weighted by atomic mass is 10.0. The minimum atomic E-state index is -1.27. The highest BCUT2D eigenvalue weighted by Gasteiger charge is 2.22. The molecule has 4 nitrogen and oxygen atoms in total. The predicted molar refractivity (Wildman–Crippen MR) is 84.8 cm³/mol. The summed E-state index contributed by atoms with van der Waals surface area (Å²) >= 11 is 5.98. The largest absolute Gasteiger partial charge is 0.480 e. The smallest absolute Gasteiger partial charge is 0.326 e. The molecule has 2 rings (SSSR count). The van der Waals surface area contributed by atoms with Crippen LogP contribution in [0.3, 0.4) is 0 Å². The summed E-state index contributed by atoms with van der Waals surface area (Å²) in [5.41, 5.74) is 0.140. The summed E-state index contributed by atoms with van der Waals surface area (Å²) < 4.78 is 27.1. The maximum atomic E-state index is 13.6. The number of carboxylic acid groups (broad SMARTS) is 1. The summed E-state index contributed by atoms with van der Waals surface area (Å²) in [6.07, 6.45) is -0.634. The van der Waals surface area contributed by atoms with Crippen LogP contribution in [0.2, 0.25) is 5.02 Å². The number of amides is 1. The van der Waals surface area contributed by atoms with E-state index in [1.165, 1.54) is 6.07 Å². The second-order valence-electron chi connectivity index (χ2n) is 5.13. The highest BCUT2D eigenvalue weighted by molar-refractivity contribution is 6.31. The number of aliphatic carboxylic acids is 1. The minimum absolute atomic E-state index is 0.0412. The normalized spacial score (nSPS) is 11.8. The lowest BCUT2D eigenvalue weighted by molar-refractivity contribution is -0.141. The first-order chi connectivity index (χ1) is 11.4. The number of rotatable bonds is 6. The molecule has 0 aromatic heterocycles. The van der Waals surface area contributed by atoms with E-state index in [-0.39, 0.29) is 6.42 Å². The predicted octanol–water partition coefficient (Wildman–Crippen LogP) is 2.97. The van der Waals surface area contributed by atoms with Gasteiger partial charge in [0, 0.05) is 17.0 Å². The molecule has 0 bridgehead atoms. The Morgan fingerprint density at radius 3 is 2.29 bits per heavy atom. The Balaban J connectivity index is 2.09. The number of halogens is 3. The highest BCUT2D eigenvalue weighted by Crippen LogP contribution is 2.17. The van der Waals surface area contributed by atoms with E-state index in [0.717, 1.165) is 12.1 Å². The van der Waals surface area contributed by atoms with Crippen LogP contribution in [-0.2, 0) is 22.4 Å². The lowest BCUT2D eigenvalue weighted by Gasteiger charge is -2.15. The molecule has 0 aliphatic heterocycles. The van der Waals surface area contributed by atoms with Crippen LogP contribution in [0, 0.1) is 11.6 Å². The molecule has 126 valence electrons. The molecule has 2 aromatic carbocycles. The zero-order chi connectivity index (χ0) is 17.7. The van der Waals surface area contributed by atoms with Crippen molar-refractivity contribution in [1.29, 1.82) is 0 Å². The zero-order valence-electron chi connectivity index (χ0n) is 12.4. The Morgan fingerprint density at radius 1 is 1.08 bits per heavy atom. The van der Waals surface area contributed by atoms with E-state index >= 15 is 0 Å². The van der Waals surface area contributed by atoms with Crippen LogP contribution in [0.4, 0.5) is 8.78 Å². The van der Waals surface area contributed by atoms with E-state index in [4.69, 9.17) is 11.6 Å². The average Bonchev–Trinajstić information content (AvgIpc) is 2.52. The minimum Gasteiger partial charge on any atom is -0.480 e. The van der Waals surface area contributed by atoms with Crippen molar-refractivity contribution in [3.8, 4) is 0 Å². The van der Waals surface area contributed by atoms with Crippen molar-refractivity contribution in [3.05, 3.63) is 70.2 Å². The van der Waals surface area contributed by atoms with Gasteiger partial charge in [-0.3, -0.25) is 4.79 Å². The lowest BCUT2D eigenvalue weighted by Crippen LogP contribution is -2.43. The van der Waals surface area contributed by atoms with Crippen molar-refractivity contribution >= 4 is 23.5 Å². The molecule has 0 aliphatic carbocycles. The average molecular weight is 354 g/mol. The fourth-order valence-corrected chi connectivity index (χ4v) is 2.40. The SMILES string of the molecule is O=C(Cc1c(F)cccc1F)N[C@@H](Cc1ccccc1Cl)C(=O)O. The van der Waals surface area contributed by atoms with Crippen LogP contribution >= 0.6 is 11.6 Å². The summed E-state index contributed by atoms with van der Waals surface area (Å²) in [6, 6.07) is 8.62. The van der Waals surface area contributed by atoms with E-state index < -0.39 is 41.5 Å². The number of carbonyl (C=O) groups is 2. The van der Waals surface area contributed by atoms with Gasteiger partial charge in [-0.15, -0.1) is 0 Å². The second kappa shape index (κ2) is 7.88. The molecule has 0 fully saturated rings. The first-order valence-electron chi connectivity index (χ1n) is 7.07. The molecule has 2 aromatic rings. The summed E-state index contributed by atoms with van der Waals surface area (Å²) in [5, 5.41) is 11.9. The quantitative estimate of drug-likeness (QED) is 0.839. The first kappa shape index (κ1) is 17.9. The fourth-order valence-electron chi connectivity index (χ4n) is 2.19. The molecule has 0 spiro atoms. The van der Waals surface area contributed by atoms with Crippen LogP contribution in [0.25, 0.3) is 0 Å². The van der Waals surface area contributed by atoms with Gasteiger partial charge >= 0.3 is 5.97 Å². The Hall–Kier alpha value is -2.47. The molecule has 0 radical (unpaired) electrons. The molecule has 0 unspecified atom stereocenters. The van der Waals surface area contributed by atoms with E-state index in [0.29, 0.717) is 10.6 Å². The van der Waals surface area contributed by atoms with Gasteiger partial charge in [0.1, 0.15) is 17.7 Å². The molecular formula is C17H14ClF2NO3. The molecule has 0 saturated heterocycles. The van der Waals surface area contributed by atoms with Crippen molar-refractivity contribution in [1.82, 2.24) is 5.32 Å². The van der Waals surface area contributed by atoms with Gasteiger partial charge in [0.25, 0.3) is 0 Å². The van der Waals surface area contributed by atoms with Gasteiger partial charge in [0.15, 0.2) is 0 Å². The van der Waals surface area contributed by atoms with Gasteiger partial charge in [-0.1, -0.05) is 35.9 Å². The third-order valence-electron chi connectivity index (χ3n) is 3.41. The van der Waals surface area contributed by atoms with Crippen molar-refractivity contribution in [2.75, 3.05) is 0 Å². The summed E-state index contributed by atoms with van der Waals surface area (Å²) in [4.78, 5) is 23.3. The Morgan fingerprint density at radius 2 is 1.71 bits per heavy atom. The number of carbonyl (C=O) groups excluding carboxylic acids is 1. The molecule has 0 saturated carbocycles. The number of hydrogen-bond acceptors (Lipinski definition) is 2. The molecule has 2 N–H and O–H groups in total. The Kier molecular flexibility index (Phi) is 5.87. The van der Waals surface area contributed by atoms with Crippen LogP contribution in [-0.4, -0.2) is 23.0 Å². The third kappa shape index (κ3) is 4.52. The van der Waals surface area contributed by atoms with Gasteiger partial charge in [-0.05, 0) is 23.8 Å². The van der Waals surface area contributed by atoms with E-state index in [9.17, 15) is 23.5 Å². The van der Waals surface area contributed by atoms with Crippen molar-refractivity contribution in [2.24, 2.45) is 0 Å². The van der Waals surface area contributed by atoms with Gasteiger partial charge in [-0.2, -0.15) is 0 Å². The fraction of sp³-hybridized carbons (Fsp3) is 0.176. The maximum absolute atomic E-state index is 13.6. The van der Waals surface area contributed by atoms with Gasteiger partial charge in [-0.25, -0.2) is 13.6 Å². The Bertz CT molecular complexity index is 747. The molecular weight excluding hydrogens is 340 g/mol. The third-order valence-corrected chi connectivity index (χ3v) is 3.78. The van der Waals surface area contributed by atoms with Gasteiger partial charge in [0.2, 0.25) is 5.91 Å². The molecule has 24 heavy (non-hydrogen) atoms. The molecule has 1 amide bonds. The number of carboxylic acids is 1. The number of hydrogen-bond donors (Lipinski definition) is 2. The first-order valence-corrected chi connectivity index (χ1v) is 7.44. The monoisotopic (exact) mass is 353 g/mol. The van der Waals surface area contributed by atoms with E-state index in [1.807, 2.05) is 0 Å². The Labute approximate surface area is 142 Å². The molecule has 0 aliphatic rings. The van der Waals surface area contributed by atoms with Crippen molar-refractivity contribution in [3.63, 3.8) is 0 Å². The van der Waals surface area contributed by atoms with E-state index in [1.54, 1.807) is 24.3 Å². The van der Waals surface area contributed by atoms with Crippen LogP contribution in [0.1, 0.15) is 11.1 Å². The zero-order valence-corrected chi connectivity index (χ0v) is 13.2. The van der Waals surface area contributed by atoms with Crippen LogP contribution in [0.5, 0.6) is 0 Å². The molecule has 7 heteroatoms. The number of nitrogens with one attached hydrogen (secondary N) is 1. The summed E-state index contributed by atoms with van der Waals surface area (Å²) in [6.45, 7) is 0. The summed E-state index contributed by atoms with van der Waals surface area (Å²) in [7, 11) is 0. The van der Waals surface area contributed by atoms with Gasteiger partial charge in [0.05, 0.1) is 6.42 Å². The van der Waals surface area contributed by atoms with Gasteiger partial charge < -0.3 is 10.4 Å². The second-order valence-corrected chi connectivity index (χ2v) is 5.54. The number of benzene rings is 2. The maximum Gasteiger partial charge on any atom is 0.326 e. The van der Waals surface area contributed by atoms with Crippen molar-refractivity contribution < 1.29 is 23.5 Å². The molecule has 0 heterocycles. The van der Waals surface area contributed by atoms with Crippen LogP contribution < -0.4 is 5.32 Å². The van der Waals surface area contributed by atoms with Crippen molar-refractivity contribution in [2.45, 2.75) is 18.9 Å². The standard InChI is InChI=1S/C17H14ClF2NO3/c18-12-5-2-1-4-10(12)8-15(17(23)24)21-16(22)9-11-13(19)6-3-7-14(11)20/h1-7,15H,8-9H2,(H,21,22)(H,23,24)/t15-/m0/s1. The highest BCUT2D eigenvalue weighted by atomic mass is 35.5.